The van der Waals surface area contributed by atoms with E-state index in [0.717, 1.165) is 24.1 Å². The first-order chi connectivity index (χ1) is 13.6. The molecule has 0 unspecified atom stereocenters. The van der Waals surface area contributed by atoms with Crippen molar-refractivity contribution < 1.29 is 14.3 Å². The molecule has 1 aromatic heterocycles. The van der Waals surface area contributed by atoms with Crippen LogP contribution in [-0.2, 0) is 0 Å². The summed E-state index contributed by atoms with van der Waals surface area (Å²) < 4.78 is 10.8. The molecule has 0 saturated heterocycles. The van der Waals surface area contributed by atoms with Crippen LogP contribution in [0.15, 0.2) is 42.5 Å². The van der Waals surface area contributed by atoms with E-state index in [-0.39, 0.29) is 5.91 Å². The molecular weight excluding hydrogens is 378 g/mol. The highest BCUT2D eigenvalue weighted by Crippen LogP contribution is 2.46. The summed E-state index contributed by atoms with van der Waals surface area (Å²) in [5.41, 5.74) is 3.40. The molecule has 1 fully saturated rings. The molecule has 0 aliphatic heterocycles. The third kappa shape index (κ3) is 3.43. The van der Waals surface area contributed by atoms with Crippen molar-refractivity contribution in [2.45, 2.75) is 18.8 Å². The van der Waals surface area contributed by atoms with Crippen LogP contribution >= 0.6 is 11.6 Å². The minimum atomic E-state index is -0.275. The number of nitrogens with zero attached hydrogens (tertiary/aromatic N) is 1. The highest BCUT2D eigenvalue weighted by Gasteiger charge is 2.32. The molecule has 3 aromatic rings. The molecule has 28 heavy (non-hydrogen) atoms. The number of halogens is 1. The second-order valence-electron chi connectivity index (χ2n) is 6.64. The maximum absolute atomic E-state index is 12.9. The Balaban J connectivity index is 1.76. The number of benzene rings is 2. The van der Waals surface area contributed by atoms with Gasteiger partial charge < -0.3 is 14.8 Å². The van der Waals surface area contributed by atoms with Crippen molar-refractivity contribution in [2.75, 3.05) is 19.5 Å². The van der Waals surface area contributed by atoms with Gasteiger partial charge in [-0.05, 0) is 37.1 Å². The molecule has 2 aromatic carbocycles. The van der Waals surface area contributed by atoms with Gasteiger partial charge >= 0.3 is 0 Å². The molecule has 0 spiro atoms. The Morgan fingerprint density at radius 3 is 2.64 bits per heavy atom. The number of anilines is 1. The number of nitrogens with one attached hydrogen (secondary N) is 2. The third-order valence-electron chi connectivity index (χ3n) is 4.80. The zero-order valence-corrected chi connectivity index (χ0v) is 16.3. The van der Waals surface area contributed by atoms with Crippen LogP contribution in [0.2, 0.25) is 5.02 Å². The van der Waals surface area contributed by atoms with E-state index in [9.17, 15) is 4.79 Å². The molecule has 4 rings (SSSR count). The standard InChI is InChI=1S/C21H20ClN3O3/c1-27-13-9-10-15(17(11-13)28-2)19-20(18(24-25-19)12-7-8-12)23-21(26)14-5-3-4-6-16(14)22/h3-6,9-12H,7-8H2,1-2H3,(H,23,26)(H,24,25). The quantitative estimate of drug-likeness (QED) is 0.621. The van der Waals surface area contributed by atoms with E-state index in [4.69, 9.17) is 21.1 Å². The first kappa shape index (κ1) is 18.4. The minimum absolute atomic E-state index is 0.275. The number of aromatic amines is 1. The molecule has 6 nitrogen and oxygen atoms in total. The van der Waals surface area contributed by atoms with E-state index < -0.39 is 0 Å². The van der Waals surface area contributed by atoms with Gasteiger partial charge in [0.25, 0.3) is 5.91 Å². The van der Waals surface area contributed by atoms with Crippen molar-refractivity contribution in [3.8, 4) is 22.8 Å². The van der Waals surface area contributed by atoms with Gasteiger partial charge in [-0.3, -0.25) is 9.89 Å². The monoisotopic (exact) mass is 397 g/mol. The number of ether oxygens (including phenoxy) is 2. The maximum Gasteiger partial charge on any atom is 0.257 e. The van der Waals surface area contributed by atoms with Crippen LogP contribution in [0.3, 0.4) is 0 Å². The van der Waals surface area contributed by atoms with Gasteiger partial charge in [0.2, 0.25) is 0 Å². The number of rotatable bonds is 6. The van der Waals surface area contributed by atoms with E-state index in [1.807, 2.05) is 12.1 Å². The van der Waals surface area contributed by atoms with Crippen LogP contribution in [0.1, 0.15) is 34.8 Å². The van der Waals surface area contributed by atoms with E-state index in [1.165, 1.54) is 0 Å². The predicted octanol–water partition coefficient (Wildman–Crippen LogP) is 4.88. The highest BCUT2D eigenvalue weighted by molar-refractivity contribution is 6.34. The van der Waals surface area contributed by atoms with Crippen LogP contribution in [0.4, 0.5) is 5.69 Å². The summed E-state index contributed by atoms with van der Waals surface area (Å²) in [6.45, 7) is 0. The van der Waals surface area contributed by atoms with Crippen LogP contribution in [0, 0.1) is 0 Å². The van der Waals surface area contributed by atoms with Crippen molar-refractivity contribution in [2.24, 2.45) is 0 Å². The average Bonchev–Trinajstić information content (AvgIpc) is 3.48. The number of carbonyl (C=O) groups is 1. The molecular formula is C21H20ClN3O3. The van der Waals surface area contributed by atoms with Crippen molar-refractivity contribution in [3.63, 3.8) is 0 Å². The summed E-state index contributed by atoms with van der Waals surface area (Å²) >= 11 is 6.19. The normalized spacial score (nSPS) is 13.2. The molecule has 0 bridgehead atoms. The molecule has 1 heterocycles. The van der Waals surface area contributed by atoms with Crippen molar-refractivity contribution in [1.29, 1.82) is 0 Å². The van der Waals surface area contributed by atoms with Crippen molar-refractivity contribution in [3.05, 3.63) is 58.7 Å². The first-order valence-corrected chi connectivity index (χ1v) is 9.36. The fourth-order valence-corrected chi connectivity index (χ4v) is 3.39. The summed E-state index contributed by atoms with van der Waals surface area (Å²) in [5.74, 6) is 1.39. The molecule has 0 atom stereocenters. The molecule has 1 amide bonds. The van der Waals surface area contributed by atoms with Gasteiger partial charge in [0.15, 0.2) is 0 Å². The average molecular weight is 398 g/mol. The molecule has 1 saturated carbocycles. The summed E-state index contributed by atoms with van der Waals surface area (Å²) in [7, 11) is 3.19. The minimum Gasteiger partial charge on any atom is -0.497 e. The smallest absolute Gasteiger partial charge is 0.257 e. The fraction of sp³-hybridized carbons (Fsp3) is 0.238. The number of methoxy groups -OCH3 is 2. The molecule has 1 aliphatic carbocycles. The largest absolute Gasteiger partial charge is 0.497 e. The SMILES string of the molecule is COc1ccc(-c2n[nH]c(C3CC3)c2NC(=O)c2ccccc2Cl)c(OC)c1. The first-order valence-electron chi connectivity index (χ1n) is 8.99. The summed E-state index contributed by atoms with van der Waals surface area (Å²) in [4.78, 5) is 12.9. The Morgan fingerprint density at radius 2 is 1.96 bits per heavy atom. The van der Waals surface area contributed by atoms with Crippen molar-refractivity contribution >= 4 is 23.2 Å². The van der Waals surface area contributed by atoms with Crippen LogP contribution < -0.4 is 14.8 Å². The lowest BCUT2D eigenvalue weighted by Gasteiger charge is -2.12. The Kier molecular flexibility index (Phi) is 4.96. The number of carbonyl (C=O) groups excluding carboxylic acids is 1. The fourth-order valence-electron chi connectivity index (χ4n) is 3.16. The molecule has 144 valence electrons. The van der Waals surface area contributed by atoms with Crippen LogP contribution in [-0.4, -0.2) is 30.3 Å². The summed E-state index contributed by atoms with van der Waals surface area (Å²) in [5, 5.41) is 11.0. The van der Waals surface area contributed by atoms with E-state index >= 15 is 0 Å². The van der Waals surface area contributed by atoms with E-state index in [1.54, 1.807) is 44.6 Å². The number of H-pyrrole nitrogens is 1. The van der Waals surface area contributed by atoms with Gasteiger partial charge in [0.05, 0.1) is 36.2 Å². The topological polar surface area (TPSA) is 76.2 Å². The van der Waals surface area contributed by atoms with E-state index in [2.05, 4.69) is 15.5 Å². The second kappa shape index (κ2) is 7.56. The number of hydrogen-bond donors (Lipinski definition) is 2. The van der Waals surface area contributed by atoms with Gasteiger partial charge in [-0.25, -0.2) is 0 Å². The second-order valence-corrected chi connectivity index (χ2v) is 7.04. The van der Waals surface area contributed by atoms with Gasteiger partial charge in [0.1, 0.15) is 17.2 Å². The third-order valence-corrected chi connectivity index (χ3v) is 5.13. The molecule has 2 N–H and O–H groups in total. The zero-order valence-electron chi connectivity index (χ0n) is 15.6. The Labute approximate surface area is 167 Å². The summed E-state index contributed by atoms with van der Waals surface area (Å²) in [6, 6.07) is 12.5. The van der Waals surface area contributed by atoms with Crippen LogP contribution in [0.5, 0.6) is 11.5 Å². The van der Waals surface area contributed by atoms with Crippen LogP contribution in [0.25, 0.3) is 11.3 Å². The summed E-state index contributed by atoms with van der Waals surface area (Å²) in [6.07, 6.45) is 2.13. The molecule has 0 radical (unpaired) electrons. The number of aromatic nitrogens is 2. The number of hydrogen-bond acceptors (Lipinski definition) is 4. The van der Waals surface area contributed by atoms with Gasteiger partial charge in [0, 0.05) is 17.5 Å². The lowest BCUT2D eigenvalue weighted by molar-refractivity contribution is 0.102. The maximum atomic E-state index is 12.9. The van der Waals surface area contributed by atoms with E-state index in [0.29, 0.717) is 39.4 Å². The van der Waals surface area contributed by atoms with Gasteiger partial charge in [-0.15, -0.1) is 0 Å². The lowest BCUT2D eigenvalue weighted by Crippen LogP contribution is -2.14. The zero-order chi connectivity index (χ0) is 19.7. The predicted molar refractivity (Wildman–Crippen MR) is 109 cm³/mol. The Morgan fingerprint density at radius 1 is 1.18 bits per heavy atom. The van der Waals surface area contributed by atoms with Gasteiger partial charge in [-0.1, -0.05) is 23.7 Å². The molecule has 1 aliphatic rings. The highest BCUT2D eigenvalue weighted by atomic mass is 35.5. The van der Waals surface area contributed by atoms with Crippen molar-refractivity contribution in [1.82, 2.24) is 10.2 Å². The Hall–Kier alpha value is -2.99. The Bertz CT molecular complexity index is 1030. The molecule has 7 heteroatoms. The van der Waals surface area contributed by atoms with Gasteiger partial charge in [-0.2, -0.15) is 5.10 Å². The lowest BCUT2D eigenvalue weighted by atomic mass is 10.1. The number of amides is 1.